The number of fused-ring (bicyclic) bond motifs is 1. The Balaban J connectivity index is 1.61. The number of rotatable bonds is 5. The van der Waals surface area contributed by atoms with Crippen LogP contribution in [0.15, 0.2) is 54.6 Å². The van der Waals surface area contributed by atoms with Crippen molar-refractivity contribution in [3.05, 3.63) is 65.7 Å². The smallest absolute Gasteiger partial charge is 0.247 e. The van der Waals surface area contributed by atoms with Gasteiger partial charge in [0.15, 0.2) is 0 Å². The van der Waals surface area contributed by atoms with Crippen LogP contribution in [0.2, 0.25) is 0 Å². The van der Waals surface area contributed by atoms with E-state index < -0.39 is 5.60 Å². The number of amides is 1. The molecule has 4 rings (SSSR count). The molecule has 3 unspecified atom stereocenters. The van der Waals surface area contributed by atoms with Gasteiger partial charge in [0.05, 0.1) is 25.9 Å². The fraction of sp³-hybridized carbons (Fsp3) is 0.423. The number of ether oxygens (including phenoxy) is 2. The number of nitrogens with zero attached hydrogens (tertiary/aromatic N) is 1. The van der Waals surface area contributed by atoms with Gasteiger partial charge in [-0.2, -0.15) is 0 Å². The van der Waals surface area contributed by atoms with E-state index in [9.17, 15) is 9.90 Å². The first-order chi connectivity index (χ1) is 15.0. The molecule has 1 amide bonds. The predicted octanol–water partition coefficient (Wildman–Crippen LogP) is 4.61. The van der Waals surface area contributed by atoms with Gasteiger partial charge in [0.1, 0.15) is 11.5 Å². The number of carbonyl (C=O) groups is 1. The van der Waals surface area contributed by atoms with Gasteiger partial charge in [-0.15, -0.1) is 0 Å². The summed E-state index contributed by atoms with van der Waals surface area (Å²) < 4.78 is 10.5. The molecule has 5 nitrogen and oxygen atoms in total. The molecule has 0 bridgehead atoms. The second kappa shape index (κ2) is 9.15. The Hall–Kier alpha value is -2.79. The van der Waals surface area contributed by atoms with Crippen molar-refractivity contribution >= 4 is 12.0 Å². The Kier molecular flexibility index (Phi) is 6.33. The van der Waals surface area contributed by atoms with Crippen molar-refractivity contribution in [3.8, 4) is 11.5 Å². The lowest BCUT2D eigenvalue weighted by atomic mass is 9.66. The summed E-state index contributed by atoms with van der Waals surface area (Å²) in [5.74, 6) is 1.59. The van der Waals surface area contributed by atoms with Gasteiger partial charge in [-0.25, -0.2) is 0 Å². The molecular formula is C26H31NO4. The van der Waals surface area contributed by atoms with Crippen molar-refractivity contribution < 1.29 is 19.4 Å². The summed E-state index contributed by atoms with van der Waals surface area (Å²) in [5, 5.41) is 11.4. The van der Waals surface area contributed by atoms with Crippen LogP contribution in [0, 0.1) is 5.92 Å². The van der Waals surface area contributed by atoms with Crippen LogP contribution in [0.3, 0.4) is 0 Å². The van der Waals surface area contributed by atoms with E-state index in [4.69, 9.17) is 9.47 Å². The van der Waals surface area contributed by atoms with Crippen LogP contribution in [0.1, 0.15) is 49.3 Å². The van der Waals surface area contributed by atoms with Crippen LogP contribution >= 0.6 is 0 Å². The lowest BCUT2D eigenvalue weighted by Gasteiger charge is -2.52. The maximum atomic E-state index is 13.3. The maximum Gasteiger partial charge on any atom is 0.247 e. The molecule has 0 radical (unpaired) electrons. The molecule has 2 aliphatic rings. The molecule has 5 heteroatoms. The van der Waals surface area contributed by atoms with Gasteiger partial charge < -0.3 is 19.5 Å². The van der Waals surface area contributed by atoms with E-state index in [1.54, 1.807) is 20.3 Å². The minimum Gasteiger partial charge on any atom is -0.497 e. The average molecular weight is 422 g/mol. The Labute approximate surface area is 184 Å². The van der Waals surface area contributed by atoms with E-state index in [2.05, 4.69) is 0 Å². The van der Waals surface area contributed by atoms with Crippen LogP contribution in [0.4, 0.5) is 0 Å². The lowest BCUT2D eigenvalue weighted by molar-refractivity contribution is -0.150. The van der Waals surface area contributed by atoms with Gasteiger partial charge in [0.25, 0.3) is 0 Å². The first-order valence-electron chi connectivity index (χ1n) is 11.0. The fourth-order valence-corrected chi connectivity index (χ4v) is 5.12. The van der Waals surface area contributed by atoms with Gasteiger partial charge in [-0.05, 0) is 60.7 Å². The molecule has 1 saturated carbocycles. The van der Waals surface area contributed by atoms with Crippen LogP contribution in [0.25, 0.3) is 6.08 Å². The highest BCUT2D eigenvalue weighted by Gasteiger charge is 2.49. The minimum atomic E-state index is -0.695. The maximum absolute atomic E-state index is 13.3. The highest BCUT2D eigenvalue weighted by Crippen LogP contribution is 2.49. The third-order valence-corrected chi connectivity index (χ3v) is 6.84. The fourth-order valence-electron chi connectivity index (χ4n) is 5.12. The zero-order valence-electron chi connectivity index (χ0n) is 18.3. The van der Waals surface area contributed by atoms with Crippen molar-refractivity contribution in [3.63, 3.8) is 0 Å². The first kappa shape index (κ1) is 21.4. The molecule has 2 aromatic carbocycles. The summed E-state index contributed by atoms with van der Waals surface area (Å²) in [7, 11) is 3.28. The normalized spacial score (nSPS) is 25.8. The number of piperidine rings is 1. The highest BCUT2D eigenvalue weighted by atomic mass is 16.5. The molecule has 164 valence electrons. The Morgan fingerprint density at radius 1 is 1.00 bits per heavy atom. The zero-order valence-corrected chi connectivity index (χ0v) is 18.3. The number of methoxy groups -OCH3 is 2. The molecule has 1 saturated heterocycles. The van der Waals surface area contributed by atoms with E-state index in [0.717, 1.165) is 48.3 Å². The summed E-state index contributed by atoms with van der Waals surface area (Å²) >= 11 is 0. The van der Waals surface area contributed by atoms with Crippen molar-refractivity contribution in [2.24, 2.45) is 5.92 Å². The van der Waals surface area contributed by atoms with Gasteiger partial charge in [0.2, 0.25) is 5.91 Å². The van der Waals surface area contributed by atoms with E-state index in [0.29, 0.717) is 13.0 Å². The van der Waals surface area contributed by atoms with Crippen molar-refractivity contribution in [2.75, 3.05) is 20.8 Å². The van der Waals surface area contributed by atoms with Crippen molar-refractivity contribution in [1.29, 1.82) is 0 Å². The van der Waals surface area contributed by atoms with Gasteiger partial charge in [-0.1, -0.05) is 37.1 Å². The number of hydrogen-bond acceptors (Lipinski definition) is 4. The van der Waals surface area contributed by atoms with Crippen LogP contribution in [-0.2, 0) is 4.79 Å². The average Bonchev–Trinajstić information content (AvgIpc) is 2.82. The standard InChI is InChI=1S/C26H31NO4/c1-30-21-11-6-19(7-12-21)8-15-24(28)27-18-17-26(29)16-4-3-5-23(26)25(27)20-9-13-22(31-2)14-10-20/h6-15,23,25,29H,3-5,16-18H2,1-2H3/b15-8+. The molecule has 3 atom stereocenters. The molecule has 2 aromatic rings. The Morgan fingerprint density at radius 2 is 1.65 bits per heavy atom. The number of benzene rings is 2. The summed E-state index contributed by atoms with van der Waals surface area (Å²) in [6.45, 7) is 0.551. The van der Waals surface area contributed by atoms with Gasteiger partial charge in [0, 0.05) is 18.5 Å². The quantitative estimate of drug-likeness (QED) is 0.716. The third-order valence-electron chi connectivity index (χ3n) is 6.84. The monoisotopic (exact) mass is 421 g/mol. The lowest BCUT2D eigenvalue weighted by Crippen LogP contribution is -2.56. The molecule has 31 heavy (non-hydrogen) atoms. The number of likely N-dealkylation sites (tertiary alicyclic amines) is 1. The van der Waals surface area contributed by atoms with Gasteiger partial charge >= 0.3 is 0 Å². The number of carbonyl (C=O) groups excluding carboxylic acids is 1. The van der Waals surface area contributed by atoms with E-state index in [-0.39, 0.29) is 17.9 Å². The summed E-state index contributed by atoms with van der Waals surface area (Å²) in [4.78, 5) is 15.2. The minimum absolute atomic E-state index is 0.0238. The molecule has 0 spiro atoms. The molecule has 1 heterocycles. The van der Waals surface area contributed by atoms with Gasteiger partial charge in [-0.3, -0.25) is 4.79 Å². The Morgan fingerprint density at radius 3 is 2.29 bits per heavy atom. The van der Waals surface area contributed by atoms with Crippen LogP contribution < -0.4 is 9.47 Å². The molecule has 1 N–H and O–H groups in total. The molecule has 1 aliphatic carbocycles. The molecule has 0 aromatic heterocycles. The van der Waals surface area contributed by atoms with E-state index >= 15 is 0 Å². The topological polar surface area (TPSA) is 59.0 Å². The van der Waals surface area contributed by atoms with E-state index in [1.165, 1.54) is 0 Å². The SMILES string of the molecule is COc1ccc(/C=C/C(=O)N2CCC3(O)CCCCC3C2c2ccc(OC)cc2)cc1. The number of hydrogen-bond donors (Lipinski definition) is 1. The first-order valence-corrected chi connectivity index (χ1v) is 11.0. The summed E-state index contributed by atoms with van der Waals surface area (Å²) in [6, 6.07) is 15.4. The predicted molar refractivity (Wildman–Crippen MR) is 121 cm³/mol. The second-order valence-corrected chi connectivity index (χ2v) is 8.56. The third kappa shape index (κ3) is 4.47. The van der Waals surface area contributed by atoms with Crippen LogP contribution in [0.5, 0.6) is 11.5 Å². The van der Waals surface area contributed by atoms with Crippen LogP contribution in [-0.4, -0.2) is 42.3 Å². The highest BCUT2D eigenvalue weighted by molar-refractivity contribution is 5.92. The number of aliphatic hydroxyl groups is 1. The Bertz CT molecular complexity index is 921. The summed E-state index contributed by atoms with van der Waals surface area (Å²) in [6.07, 6.45) is 8.00. The van der Waals surface area contributed by atoms with Crippen molar-refractivity contribution in [2.45, 2.75) is 43.7 Å². The molecule has 2 fully saturated rings. The van der Waals surface area contributed by atoms with E-state index in [1.807, 2.05) is 59.5 Å². The summed E-state index contributed by atoms with van der Waals surface area (Å²) in [5.41, 5.74) is 1.30. The molecular weight excluding hydrogens is 390 g/mol. The van der Waals surface area contributed by atoms with Crippen molar-refractivity contribution in [1.82, 2.24) is 4.90 Å². The largest absolute Gasteiger partial charge is 0.497 e. The second-order valence-electron chi connectivity index (χ2n) is 8.56. The zero-order chi connectivity index (χ0) is 21.8. The molecule has 1 aliphatic heterocycles.